The molecule has 0 unspecified atom stereocenters. The third-order valence-corrected chi connectivity index (χ3v) is 4.50. The van der Waals surface area contributed by atoms with Gasteiger partial charge in [-0.2, -0.15) is 0 Å². The summed E-state index contributed by atoms with van der Waals surface area (Å²) in [6.07, 6.45) is 0.477. The smallest absolute Gasteiger partial charge is 0.224 e. The van der Waals surface area contributed by atoms with Crippen molar-refractivity contribution < 1.29 is 4.79 Å². The summed E-state index contributed by atoms with van der Waals surface area (Å²) in [7, 11) is 2.12. The first-order valence-electron chi connectivity index (χ1n) is 10.1. The summed E-state index contributed by atoms with van der Waals surface area (Å²) in [5.41, 5.74) is 2.49. The van der Waals surface area contributed by atoms with Crippen LogP contribution in [0.2, 0.25) is 0 Å². The minimum Gasteiger partial charge on any atom is -0.357 e. The van der Waals surface area contributed by atoms with Gasteiger partial charge >= 0.3 is 0 Å². The van der Waals surface area contributed by atoms with Crippen LogP contribution in [0.25, 0.3) is 0 Å². The number of carbonyl (C=O) groups excluding carboxylic acids is 1. The van der Waals surface area contributed by atoms with Crippen molar-refractivity contribution in [3.05, 3.63) is 35.4 Å². The largest absolute Gasteiger partial charge is 0.357 e. The van der Waals surface area contributed by atoms with Crippen LogP contribution in [0.15, 0.2) is 29.3 Å². The van der Waals surface area contributed by atoms with Crippen LogP contribution in [0.3, 0.4) is 0 Å². The molecule has 0 saturated carbocycles. The van der Waals surface area contributed by atoms with E-state index < -0.39 is 0 Å². The molecule has 1 rings (SSSR count). The average molecular weight is 503 g/mol. The lowest BCUT2D eigenvalue weighted by atomic mass is 10.1. The molecular weight excluding hydrogens is 465 g/mol. The number of nitrogens with zero attached hydrogens (tertiary/aromatic N) is 3. The zero-order valence-electron chi connectivity index (χ0n) is 18.1. The third kappa shape index (κ3) is 10.3. The number of hydrogen-bond acceptors (Lipinski definition) is 3. The van der Waals surface area contributed by atoms with Crippen molar-refractivity contribution in [2.24, 2.45) is 4.99 Å². The maximum atomic E-state index is 12.1. The molecule has 0 radical (unpaired) electrons. The Balaban J connectivity index is 0.00000729. The number of nitrogens with one attached hydrogen (secondary N) is 2. The average Bonchev–Trinajstić information content (AvgIpc) is 2.67. The molecule has 0 saturated heterocycles. The molecule has 28 heavy (non-hydrogen) atoms. The van der Waals surface area contributed by atoms with E-state index in [4.69, 9.17) is 0 Å². The topological polar surface area (TPSA) is 60.0 Å². The van der Waals surface area contributed by atoms with Gasteiger partial charge in [-0.05, 0) is 45.5 Å². The second kappa shape index (κ2) is 15.6. The fourth-order valence-corrected chi connectivity index (χ4v) is 2.78. The van der Waals surface area contributed by atoms with Crippen LogP contribution in [-0.2, 0) is 17.9 Å². The molecule has 7 heteroatoms. The molecule has 0 heterocycles. The number of halogens is 1. The van der Waals surface area contributed by atoms with E-state index in [1.54, 1.807) is 0 Å². The van der Waals surface area contributed by atoms with Crippen molar-refractivity contribution in [2.75, 3.05) is 39.8 Å². The zero-order valence-corrected chi connectivity index (χ0v) is 20.5. The summed E-state index contributed by atoms with van der Waals surface area (Å²) >= 11 is 0. The predicted molar refractivity (Wildman–Crippen MR) is 129 cm³/mol. The molecular formula is C21H38IN5O. The highest BCUT2D eigenvalue weighted by atomic mass is 127. The molecule has 0 aliphatic carbocycles. The van der Waals surface area contributed by atoms with Gasteiger partial charge in [0.1, 0.15) is 0 Å². The summed E-state index contributed by atoms with van der Waals surface area (Å²) in [6, 6.07) is 8.56. The van der Waals surface area contributed by atoms with Crippen molar-refractivity contribution in [2.45, 2.75) is 47.2 Å². The molecule has 0 aliphatic rings. The molecule has 2 N–H and O–H groups in total. The van der Waals surface area contributed by atoms with Crippen molar-refractivity contribution in [3.63, 3.8) is 0 Å². The number of aliphatic imine (C=N–C) groups is 1. The van der Waals surface area contributed by atoms with Crippen LogP contribution < -0.4 is 10.6 Å². The minimum absolute atomic E-state index is 0. The monoisotopic (exact) mass is 503 g/mol. The molecule has 6 nitrogen and oxygen atoms in total. The lowest BCUT2D eigenvalue weighted by molar-refractivity contribution is -0.130. The molecule has 1 amide bonds. The number of guanidine groups is 1. The van der Waals surface area contributed by atoms with Gasteiger partial charge in [-0.1, -0.05) is 31.2 Å². The Morgan fingerprint density at radius 2 is 1.71 bits per heavy atom. The Morgan fingerprint density at radius 1 is 1.04 bits per heavy atom. The molecule has 0 atom stereocenters. The van der Waals surface area contributed by atoms with Crippen LogP contribution in [-0.4, -0.2) is 61.4 Å². The molecule has 0 spiro atoms. The van der Waals surface area contributed by atoms with Crippen LogP contribution in [0.4, 0.5) is 0 Å². The third-order valence-electron chi connectivity index (χ3n) is 4.50. The first kappa shape index (κ1) is 26.6. The van der Waals surface area contributed by atoms with Gasteiger partial charge in [-0.3, -0.25) is 4.79 Å². The van der Waals surface area contributed by atoms with Crippen LogP contribution in [0.1, 0.15) is 45.2 Å². The molecule has 0 bridgehead atoms. The van der Waals surface area contributed by atoms with Crippen LogP contribution in [0, 0.1) is 0 Å². The molecule has 160 valence electrons. The number of benzene rings is 1. The Bertz CT molecular complexity index is 590. The molecule has 1 aromatic carbocycles. The van der Waals surface area contributed by atoms with E-state index in [0.29, 0.717) is 19.5 Å². The Hall–Kier alpha value is -1.35. The van der Waals surface area contributed by atoms with Crippen LogP contribution in [0.5, 0.6) is 0 Å². The number of amides is 1. The normalized spacial score (nSPS) is 11.1. The fourth-order valence-electron chi connectivity index (χ4n) is 2.78. The number of carbonyl (C=O) groups is 1. The highest BCUT2D eigenvalue weighted by Gasteiger charge is 2.09. The van der Waals surface area contributed by atoms with E-state index in [-0.39, 0.29) is 29.9 Å². The summed E-state index contributed by atoms with van der Waals surface area (Å²) in [5, 5.41) is 6.51. The summed E-state index contributed by atoms with van der Waals surface area (Å²) in [5.74, 6) is 0.928. The van der Waals surface area contributed by atoms with Gasteiger partial charge in [0.05, 0.1) is 6.54 Å². The fraction of sp³-hybridized carbons (Fsp3) is 0.619. The number of rotatable bonds is 11. The van der Waals surface area contributed by atoms with Gasteiger partial charge in [0.15, 0.2) is 5.96 Å². The summed E-state index contributed by atoms with van der Waals surface area (Å²) in [4.78, 5) is 20.9. The second-order valence-corrected chi connectivity index (χ2v) is 6.59. The van der Waals surface area contributed by atoms with Gasteiger partial charge in [0, 0.05) is 39.1 Å². The molecule has 1 aromatic rings. The Morgan fingerprint density at radius 3 is 2.32 bits per heavy atom. The van der Waals surface area contributed by atoms with E-state index >= 15 is 0 Å². The highest BCUT2D eigenvalue weighted by Crippen LogP contribution is 2.08. The van der Waals surface area contributed by atoms with Gasteiger partial charge < -0.3 is 20.4 Å². The van der Waals surface area contributed by atoms with E-state index in [0.717, 1.165) is 38.7 Å². The highest BCUT2D eigenvalue weighted by molar-refractivity contribution is 14.0. The maximum Gasteiger partial charge on any atom is 0.224 e. The van der Waals surface area contributed by atoms with Crippen molar-refractivity contribution in [1.29, 1.82) is 0 Å². The lowest BCUT2D eigenvalue weighted by Crippen LogP contribution is -2.40. The van der Waals surface area contributed by atoms with E-state index in [9.17, 15) is 4.79 Å². The zero-order chi connectivity index (χ0) is 20.1. The quantitative estimate of drug-likeness (QED) is 0.277. The van der Waals surface area contributed by atoms with Gasteiger partial charge in [0.25, 0.3) is 0 Å². The van der Waals surface area contributed by atoms with Gasteiger partial charge in [-0.25, -0.2) is 4.99 Å². The van der Waals surface area contributed by atoms with Gasteiger partial charge in [-0.15, -0.1) is 24.0 Å². The second-order valence-electron chi connectivity index (χ2n) is 6.59. The first-order valence-corrected chi connectivity index (χ1v) is 10.1. The van der Waals surface area contributed by atoms with E-state index in [2.05, 4.69) is 58.8 Å². The Kier molecular flexibility index (Phi) is 14.8. The first-order chi connectivity index (χ1) is 13.0. The molecule has 0 aromatic heterocycles. The van der Waals surface area contributed by atoms with E-state index in [1.807, 2.05) is 25.7 Å². The predicted octanol–water partition coefficient (Wildman–Crippen LogP) is 3.07. The summed E-state index contributed by atoms with van der Waals surface area (Å²) < 4.78 is 0. The van der Waals surface area contributed by atoms with Crippen LogP contribution >= 0.6 is 24.0 Å². The standard InChI is InChI=1S/C21H37N5O.HI/c1-6-22-21(23-14-13-20(27)26(8-3)9-4)24-16-18-11-10-12-19(15-18)17-25(5)7-2;/h10-12,15H,6-9,13-14,16-17H2,1-5H3,(H2,22,23,24);1H. The SMILES string of the molecule is CCNC(=NCc1cccc(CN(C)CC)c1)NCCC(=O)N(CC)CC.I. The Labute approximate surface area is 188 Å². The van der Waals surface area contributed by atoms with Crippen molar-refractivity contribution in [1.82, 2.24) is 20.4 Å². The number of hydrogen-bond donors (Lipinski definition) is 2. The van der Waals surface area contributed by atoms with E-state index in [1.165, 1.54) is 11.1 Å². The maximum absolute atomic E-state index is 12.1. The van der Waals surface area contributed by atoms with Crippen molar-refractivity contribution >= 4 is 35.8 Å². The van der Waals surface area contributed by atoms with Gasteiger partial charge in [0.2, 0.25) is 5.91 Å². The molecule has 0 fully saturated rings. The summed E-state index contributed by atoms with van der Waals surface area (Å²) in [6.45, 7) is 13.7. The lowest BCUT2D eigenvalue weighted by Gasteiger charge is -2.19. The van der Waals surface area contributed by atoms with Crippen molar-refractivity contribution in [3.8, 4) is 0 Å². The molecule has 0 aliphatic heterocycles. The minimum atomic E-state index is 0.